The van der Waals surface area contributed by atoms with E-state index in [0.29, 0.717) is 0 Å². The van der Waals surface area contributed by atoms with E-state index < -0.39 is 22.0 Å². The number of benzene rings is 1. The highest BCUT2D eigenvalue weighted by atomic mass is 32.2. The summed E-state index contributed by atoms with van der Waals surface area (Å²) in [5.74, 6) is -0.979. The molecule has 0 spiro atoms. The van der Waals surface area contributed by atoms with Crippen molar-refractivity contribution in [3.8, 4) is 6.07 Å². The Morgan fingerprint density at radius 1 is 1.43 bits per heavy atom. The number of esters is 1. The minimum Gasteiger partial charge on any atom is -0.468 e. The maximum absolute atomic E-state index is 12.3. The van der Waals surface area contributed by atoms with Crippen LogP contribution in [0.3, 0.4) is 0 Å². The first-order valence-corrected chi connectivity index (χ1v) is 7.61. The van der Waals surface area contributed by atoms with Crippen molar-refractivity contribution >= 4 is 21.7 Å². The molecule has 21 heavy (non-hydrogen) atoms. The number of nitrogens with two attached hydrogens (primary N) is 1. The lowest BCUT2D eigenvalue weighted by Gasteiger charge is -2.20. The number of nitriles is 1. The van der Waals surface area contributed by atoms with Gasteiger partial charge in [-0.05, 0) is 24.1 Å². The number of hydrogen-bond acceptors (Lipinski definition) is 6. The summed E-state index contributed by atoms with van der Waals surface area (Å²) >= 11 is 0. The SMILES string of the molecule is COC(=O)C(NS(=O)(=O)c1ccc(C#N)cc1N)C(C)C. The van der Waals surface area contributed by atoms with E-state index in [9.17, 15) is 13.2 Å². The topological polar surface area (TPSA) is 122 Å². The van der Waals surface area contributed by atoms with Crippen molar-refractivity contribution in [2.24, 2.45) is 5.92 Å². The maximum atomic E-state index is 12.3. The van der Waals surface area contributed by atoms with Gasteiger partial charge in [0.2, 0.25) is 10.0 Å². The molecule has 0 saturated carbocycles. The average Bonchev–Trinajstić information content (AvgIpc) is 2.43. The average molecular weight is 311 g/mol. The molecule has 1 atom stereocenters. The third-order valence-electron chi connectivity index (χ3n) is 2.83. The minimum absolute atomic E-state index is 0.0612. The van der Waals surface area contributed by atoms with Gasteiger partial charge in [0.05, 0.1) is 24.4 Å². The van der Waals surface area contributed by atoms with Crippen LogP contribution in [-0.4, -0.2) is 27.5 Å². The first-order chi connectivity index (χ1) is 9.72. The predicted octanol–water partition coefficient (Wildman–Crippen LogP) is 0.616. The lowest BCUT2D eigenvalue weighted by Crippen LogP contribution is -2.45. The molecule has 0 bridgehead atoms. The van der Waals surface area contributed by atoms with E-state index in [-0.39, 0.29) is 22.1 Å². The Balaban J connectivity index is 3.17. The molecule has 0 aliphatic carbocycles. The normalized spacial score (nSPS) is 12.7. The van der Waals surface area contributed by atoms with E-state index in [1.54, 1.807) is 13.8 Å². The highest BCUT2D eigenvalue weighted by Gasteiger charge is 2.30. The number of ether oxygens (including phenoxy) is 1. The highest BCUT2D eigenvalue weighted by Crippen LogP contribution is 2.20. The molecule has 114 valence electrons. The number of nitrogens with one attached hydrogen (secondary N) is 1. The van der Waals surface area contributed by atoms with E-state index in [1.165, 1.54) is 25.3 Å². The summed E-state index contributed by atoms with van der Waals surface area (Å²) < 4.78 is 31.5. The molecule has 0 saturated heterocycles. The molecule has 0 heterocycles. The van der Waals surface area contributed by atoms with Gasteiger partial charge in [0.25, 0.3) is 0 Å². The fraction of sp³-hybridized carbons (Fsp3) is 0.385. The standard InChI is InChI=1S/C13H17N3O4S/c1-8(2)12(13(17)20-3)16-21(18,19)11-5-4-9(7-14)6-10(11)15/h4-6,8,12,16H,15H2,1-3H3. The summed E-state index contributed by atoms with van der Waals surface area (Å²) in [6.45, 7) is 3.37. The number of hydrogen-bond donors (Lipinski definition) is 2. The van der Waals surface area contributed by atoms with E-state index in [1.807, 2.05) is 6.07 Å². The molecule has 0 aliphatic heterocycles. The van der Waals surface area contributed by atoms with E-state index in [4.69, 9.17) is 11.0 Å². The van der Waals surface area contributed by atoms with Crippen molar-refractivity contribution in [2.45, 2.75) is 24.8 Å². The summed E-state index contributed by atoms with van der Waals surface area (Å²) in [4.78, 5) is 11.4. The van der Waals surface area contributed by atoms with Gasteiger partial charge in [-0.15, -0.1) is 0 Å². The molecule has 1 aromatic rings. The first kappa shape index (κ1) is 16.9. The summed E-state index contributed by atoms with van der Waals surface area (Å²) in [5, 5.41) is 8.75. The third kappa shape index (κ3) is 3.93. The molecule has 0 aliphatic rings. The van der Waals surface area contributed by atoms with Crippen molar-refractivity contribution in [2.75, 3.05) is 12.8 Å². The van der Waals surface area contributed by atoms with Gasteiger partial charge in [0, 0.05) is 0 Å². The minimum atomic E-state index is -4.00. The fourth-order valence-corrected chi connectivity index (χ4v) is 3.12. The zero-order chi connectivity index (χ0) is 16.2. The Morgan fingerprint density at radius 2 is 2.05 bits per heavy atom. The molecule has 0 amide bonds. The van der Waals surface area contributed by atoms with Gasteiger partial charge in [0.1, 0.15) is 10.9 Å². The molecular formula is C13H17N3O4S. The van der Waals surface area contributed by atoms with Crippen LogP contribution < -0.4 is 10.5 Å². The van der Waals surface area contributed by atoms with E-state index in [2.05, 4.69) is 9.46 Å². The Kier molecular flexibility index (Phi) is 5.29. The van der Waals surface area contributed by atoms with E-state index >= 15 is 0 Å². The summed E-state index contributed by atoms with van der Waals surface area (Å²) in [6.07, 6.45) is 0. The largest absolute Gasteiger partial charge is 0.468 e. The van der Waals surface area contributed by atoms with Gasteiger partial charge in [0.15, 0.2) is 0 Å². The Hall–Kier alpha value is -2.11. The molecule has 0 fully saturated rings. The molecular weight excluding hydrogens is 294 g/mol. The van der Waals surface area contributed by atoms with Crippen LogP contribution in [0.25, 0.3) is 0 Å². The second kappa shape index (κ2) is 6.56. The highest BCUT2D eigenvalue weighted by molar-refractivity contribution is 7.89. The van der Waals surface area contributed by atoms with Gasteiger partial charge >= 0.3 is 5.97 Å². The fourth-order valence-electron chi connectivity index (χ4n) is 1.68. The summed E-state index contributed by atoms with van der Waals surface area (Å²) in [7, 11) is -2.82. The summed E-state index contributed by atoms with van der Waals surface area (Å²) in [6, 6.07) is 4.67. The second-order valence-electron chi connectivity index (χ2n) is 4.73. The van der Waals surface area contributed by atoms with Gasteiger partial charge in [-0.1, -0.05) is 13.8 Å². The lowest BCUT2D eigenvalue weighted by atomic mass is 10.1. The first-order valence-electron chi connectivity index (χ1n) is 6.12. The van der Waals surface area contributed by atoms with Crippen LogP contribution in [0.5, 0.6) is 0 Å². The molecule has 0 radical (unpaired) electrons. The molecule has 0 aromatic heterocycles. The number of sulfonamides is 1. The van der Waals surface area contributed by atoms with Crippen LogP contribution in [0, 0.1) is 17.2 Å². The molecule has 8 heteroatoms. The molecule has 1 rings (SSSR count). The number of carbonyl (C=O) groups is 1. The Labute approximate surface area is 123 Å². The lowest BCUT2D eigenvalue weighted by molar-refractivity contribution is -0.143. The zero-order valence-electron chi connectivity index (χ0n) is 12.0. The number of nitrogen functional groups attached to an aromatic ring is 1. The van der Waals surface area contributed by atoms with Crippen molar-refractivity contribution in [1.29, 1.82) is 5.26 Å². The quantitative estimate of drug-likeness (QED) is 0.607. The zero-order valence-corrected chi connectivity index (χ0v) is 12.8. The van der Waals surface area contributed by atoms with Gasteiger partial charge in [-0.25, -0.2) is 8.42 Å². The number of anilines is 1. The van der Waals surface area contributed by atoms with Crippen LogP contribution in [0.2, 0.25) is 0 Å². The number of carbonyl (C=O) groups excluding carboxylic acids is 1. The smallest absolute Gasteiger partial charge is 0.324 e. The van der Waals surface area contributed by atoms with Gasteiger partial charge < -0.3 is 10.5 Å². The van der Waals surface area contributed by atoms with Crippen LogP contribution in [0.4, 0.5) is 5.69 Å². The van der Waals surface area contributed by atoms with Crippen LogP contribution in [-0.2, 0) is 19.6 Å². The Morgan fingerprint density at radius 3 is 2.48 bits per heavy atom. The number of methoxy groups -OCH3 is 1. The Bertz CT molecular complexity index is 677. The van der Waals surface area contributed by atoms with E-state index in [0.717, 1.165) is 0 Å². The van der Waals surface area contributed by atoms with Crippen molar-refractivity contribution in [1.82, 2.24) is 4.72 Å². The molecule has 7 nitrogen and oxygen atoms in total. The number of rotatable bonds is 5. The molecule has 3 N–H and O–H groups in total. The monoisotopic (exact) mass is 311 g/mol. The van der Waals surface area contributed by atoms with Crippen LogP contribution in [0.1, 0.15) is 19.4 Å². The van der Waals surface area contributed by atoms with Crippen molar-refractivity contribution < 1.29 is 17.9 Å². The van der Waals surface area contributed by atoms with Gasteiger partial charge in [-0.2, -0.15) is 9.98 Å². The summed E-state index contributed by atoms with van der Waals surface area (Å²) in [5.41, 5.74) is 5.85. The molecule has 1 unspecified atom stereocenters. The van der Waals surface area contributed by atoms with Crippen molar-refractivity contribution in [3.63, 3.8) is 0 Å². The second-order valence-corrected chi connectivity index (χ2v) is 6.41. The number of nitrogens with zero attached hydrogens (tertiary/aromatic N) is 1. The van der Waals surface area contributed by atoms with Crippen molar-refractivity contribution in [3.05, 3.63) is 23.8 Å². The maximum Gasteiger partial charge on any atom is 0.324 e. The van der Waals surface area contributed by atoms with Gasteiger partial charge in [-0.3, -0.25) is 4.79 Å². The van der Waals surface area contributed by atoms with Crippen LogP contribution in [0.15, 0.2) is 23.1 Å². The van der Waals surface area contributed by atoms with Crippen LogP contribution >= 0.6 is 0 Å². The predicted molar refractivity (Wildman–Crippen MR) is 76.5 cm³/mol. The molecule has 1 aromatic carbocycles. The third-order valence-corrected chi connectivity index (χ3v) is 4.35.